The van der Waals surface area contributed by atoms with Crippen LogP contribution >= 0.6 is 0 Å². The molecule has 0 aliphatic heterocycles. The highest BCUT2D eigenvalue weighted by Gasteiger charge is 2.37. The molecule has 0 bridgehead atoms. The van der Waals surface area contributed by atoms with Crippen LogP contribution < -0.4 is 5.32 Å². The number of benzene rings is 5. The molecule has 0 radical (unpaired) electrons. The smallest absolute Gasteiger partial charge is 0.0387 e. The first-order valence-electron chi connectivity index (χ1n) is 13.6. The minimum Gasteiger partial charge on any atom is -0.356 e. The Kier molecular flexibility index (Phi) is 4.82. The molecule has 0 unspecified atom stereocenters. The van der Waals surface area contributed by atoms with Crippen molar-refractivity contribution >= 4 is 11.4 Å². The largest absolute Gasteiger partial charge is 0.356 e. The minimum absolute atomic E-state index is 0.00895. The fourth-order valence-electron chi connectivity index (χ4n) is 6.68. The van der Waals surface area contributed by atoms with E-state index in [4.69, 9.17) is 0 Å². The van der Waals surface area contributed by atoms with Crippen LogP contribution in [-0.2, 0) is 10.8 Å². The van der Waals surface area contributed by atoms with Gasteiger partial charge in [0.1, 0.15) is 0 Å². The van der Waals surface area contributed by atoms with Crippen LogP contribution in [0, 0.1) is 6.92 Å². The van der Waals surface area contributed by atoms with E-state index >= 15 is 0 Å². The third kappa shape index (κ3) is 3.31. The summed E-state index contributed by atoms with van der Waals surface area (Å²) >= 11 is 0. The summed E-state index contributed by atoms with van der Waals surface area (Å²) in [6, 6.07) is 38.4. The number of hydrogen-bond donors (Lipinski definition) is 1. The van der Waals surface area contributed by atoms with Gasteiger partial charge in [-0.1, -0.05) is 100.0 Å². The van der Waals surface area contributed by atoms with Crippen molar-refractivity contribution in [3.8, 4) is 33.4 Å². The molecule has 5 aromatic rings. The van der Waals surface area contributed by atoms with Crippen LogP contribution in [0.4, 0.5) is 11.4 Å². The predicted octanol–water partition coefficient (Wildman–Crippen LogP) is 10.0. The number of nitrogens with one attached hydrogen (secondary N) is 1. The molecule has 7 rings (SSSR count). The van der Waals surface area contributed by atoms with E-state index in [2.05, 4.69) is 143 Å². The number of fused-ring (bicyclic) bond motifs is 6. The van der Waals surface area contributed by atoms with Crippen LogP contribution in [0.2, 0.25) is 0 Å². The van der Waals surface area contributed by atoms with E-state index in [-0.39, 0.29) is 10.8 Å². The Morgan fingerprint density at radius 2 is 0.921 bits per heavy atom. The van der Waals surface area contributed by atoms with Gasteiger partial charge in [0, 0.05) is 22.2 Å². The maximum Gasteiger partial charge on any atom is 0.0387 e. The van der Waals surface area contributed by atoms with Crippen molar-refractivity contribution in [3.63, 3.8) is 0 Å². The molecule has 0 spiro atoms. The van der Waals surface area contributed by atoms with E-state index in [0.29, 0.717) is 0 Å². The molecular weight excluding hydrogens is 458 g/mol. The maximum absolute atomic E-state index is 3.60. The van der Waals surface area contributed by atoms with Crippen LogP contribution in [-0.4, -0.2) is 0 Å². The van der Waals surface area contributed by atoms with Crippen molar-refractivity contribution in [2.45, 2.75) is 45.4 Å². The summed E-state index contributed by atoms with van der Waals surface area (Å²) in [6.07, 6.45) is 0. The van der Waals surface area contributed by atoms with Gasteiger partial charge < -0.3 is 5.32 Å². The Morgan fingerprint density at radius 1 is 0.447 bits per heavy atom. The van der Waals surface area contributed by atoms with Gasteiger partial charge in [0.2, 0.25) is 0 Å². The van der Waals surface area contributed by atoms with Gasteiger partial charge in [0.25, 0.3) is 0 Å². The Labute approximate surface area is 226 Å². The fraction of sp³-hybridized carbons (Fsp3) is 0.189. The van der Waals surface area contributed by atoms with Gasteiger partial charge in [0.15, 0.2) is 0 Å². The molecule has 1 N–H and O–H groups in total. The van der Waals surface area contributed by atoms with Gasteiger partial charge in [0.05, 0.1) is 0 Å². The number of rotatable bonds is 3. The lowest BCUT2D eigenvalue weighted by atomic mass is 9.80. The molecule has 186 valence electrons. The highest BCUT2D eigenvalue weighted by Crippen LogP contribution is 2.52. The van der Waals surface area contributed by atoms with Crippen LogP contribution in [0.5, 0.6) is 0 Å². The number of hydrogen-bond acceptors (Lipinski definition) is 1. The molecule has 5 aromatic carbocycles. The first-order chi connectivity index (χ1) is 18.2. The lowest BCUT2D eigenvalue weighted by Gasteiger charge is -2.23. The first-order valence-corrected chi connectivity index (χ1v) is 13.6. The predicted molar refractivity (Wildman–Crippen MR) is 161 cm³/mol. The average molecular weight is 492 g/mol. The van der Waals surface area contributed by atoms with E-state index in [1.165, 1.54) is 61.2 Å². The Balaban J connectivity index is 1.26. The van der Waals surface area contributed by atoms with Crippen molar-refractivity contribution in [1.29, 1.82) is 0 Å². The summed E-state index contributed by atoms with van der Waals surface area (Å²) in [4.78, 5) is 0. The zero-order valence-electron chi connectivity index (χ0n) is 22.8. The average Bonchev–Trinajstić information content (AvgIpc) is 3.29. The van der Waals surface area contributed by atoms with E-state index in [1.807, 2.05) is 0 Å². The second-order valence-electron chi connectivity index (χ2n) is 12.1. The van der Waals surface area contributed by atoms with Gasteiger partial charge in [-0.15, -0.1) is 0 Å². The van der Waals surface area contributed by atoms with Crippen molar-refractivity contribution < 1.29 is 0 Å². The second-order valence-corrected chi connectivity index (χ2v) is 12.1. The second kappa shape index (κ2) is 7.95. The Bertz CT molecular complexity index is 1730. The molecule has 0 saturated carbocycles. The quantitative estimate of drug-likeness (QED) is 0.265. The van der Waals surface area contributed by atoms with Crippen molar-refractivity contribution in [1.82, 2.24) is 0 Å². The minimum atomic E-state index is -0.0716. The van der Waals surface area contributed by atoms with E-state index < -0.39 is 0 Å². The van der Waals surface area contributed by atoms with Gasteiger partial charge in [-0.2, -0.15) is 0 Å². The van der Waals surface area contributed by atoms with E-state index in [0.717, 1.165) is 11.4 Å². The highest BCUT2D eigenvalue weighted by atomic mass is 14.9. The highest BCUT2D eigenvalue weighted by molar-refractivity contribution is 5.87. The van der Waals surface area contributed by atoms with E-state index in [1.54, 1.807) is 0 Å². The fourth-order valence-corrected chi connectivity index (χ4v) is 6.68. The summed E-state index contributed by atoms with van der Waals surface area (Å²) in [5.41, 5.74) is 17.1. The third-order valence-electron chi connectivity index (χ3n) is 8.93. The molecule has 1 nitrogen and oxygen atoms in total. The standard InChI is InChI=1S/C37H33N/c1-23-10-14-26(15-11-23)38-27-16-19-31-30-18-13-25(21-34(30)37(4,5)35(31)22-27)24-12-17-29-28-8-6-7-9-32(28)36(2,3)33(29)20-24/h6-22,38H,1-5H3. The lowest BCUT2D eigenvalue weighted by molar-refractivity contribution is 0.659. The normalized spacial score (nSPS) is 15.4. The molecule has 1 heteroatoms. The van der Waals surface area contributed by atoms with Crippen LogP contribution in [0.25, 0.3) is 33.4 Å². The van der Waals surface area contributed by atoms with Gasteiger partial charge in [-0.25, -0.2) is 0 Å². The summed E-state index contributed by atoms with van der Waals surface area (Å²) < 4.78 is 0. The molecule has 0 amide bonds. The molecule has 38 heavy (non-hydrogen) atoms. The zero-order chi connectivity index (χ0) is 26.2. The number of anilines is 2. The molecular formula is C37H33N. The third-order valence-corrected chi connectivity index (χ3v) is 8.93. The van der Waals surface area contributed by atoms with E-state index in [9.17, 15) is 0 Å². The molecule has 2 aliphatic rings. The lowest BCUT2D eigenvalue weighted by Crippen LogP contribution is -2.15. The molecule has 0 atom stereocenters. The number of aryl methyl sites for hydroxylation is 1. The van der Waals surface area contributed by atoms with Crippen LogP contribution in [0.3, 0.4) is 0 Å². The maximum atomic E-state index is 3.60. The molecule has 0 heterocycles. The summed E-state index contributed by atoms with van der Waals surface area (Å²) in [5, 5.41) is 3.60. The summed E-state index contributed by atoms with van der Waals surface area (Å²) in [6.45, 7) is 11.5. The van der Waals surface area contributed by atoms with Crippen LogP contribution in [0.15, 0.2) is 103 Å². The molecule has 0 aromatic heterocycles. The molecule has 0 fully saturated rings. The summed E-state index contributed by atoms with van der Waals surface area (Å²) in [5.74, 6) is 0. The monoisotopic (exact) mass is 491 g/mol. The zero-order valence-corrected chi connectivity index (χ0v) is 22.8. The van der Waals surface area contributed by atoms with Gasteiger partial charge in [-0.05, 0) is 99.0 Å². The van der Waals surface area contributed by atoms with Gasteiger partial charge in [-0.3, -0.25) is 0 Å². The van der Waals surface area contributed by atoms with Crippen molar-refractivity contribution in [2.75, 3.05) is 5.32 Å². The molecule has 0 saturated heterocycles. The van der Waals surface area contributed by atoms with Crippen LogP contribution in [0.1, 0.15) is 55.5 Å². The Morgan fingerprint density at radius 3 is 1.55 bits per heavy atom. The summed E-state index contributed by atoms with van der Waals surface area (Å²) in [7, 11) is 0. The molecule has 2 aliphatic carbocycles. The first kappa shape index (κ1) is 23.0. The topological polar surface area (TPSA) is 12.0 Å². The van der Waals surface area contributed by atoms with Crippen molar-refractivity contribution in [3.05, 3.63) is 131 Å². The van der Waals surface area contributed by atoms with Gasteiger partial charge >= 0.3 is 0 Å². The SMILES string of the molecule is Cc1ccc(Nc2ccc3c(c2)C(C)(C)c2cc(-c4ccc5c(c4)C(C)(C)c4ccccc4-5)ccc2-3)cc1. The Hall–Kier alpha value is -4.10. The van der Waals surface area contributed by atoms with Crippen molar-refractivity contribution in [2.24, 2.45) is 0 Å².